The lowest BCUT2D eigenvalue weighted by Gasteiger charge is -2.38. The van der Waals surface area contributed by atoms with Gasteiger partial charge < -0.3 is 0 Å². The van der Waals surface area contributed by atoms with Crippen LogP contribution in [0.5, 0.6) is 0 Å². The largest absolute Gasteiger partial charge is 0.0850 e. The van der Waals surface area contributed by atoms with Crippen molar-refractivity contribution in [2.75, 3.05) is 0 Å². The second kappa shape index (κ2) is 7.34. The van der Waals surface area contributed by atoms with E-state index in [2.05, 4.69) is 19.9 Å². The maximum atomic E-state index is 2.64. The molecule has 21 heavy (non-hydrogen) atoms. The predicted octanol–water partition coefficient (Wildman–Crippen LogP) is 6.76. The molecule has 0 aromatic carbocycles. The third kappa shape index (κ3) is 4.14. The van der Waals surface area contributed by atoms with Gasteiger partial charge >= 0.3 is 0 Å². The van der Waals surface area contributed by atoms with Crippen molar-refractivity contribution in [2.45, 2.75) is 90.9 Å². The summed E-state index contributed by atoms with van der Waals surface area (Å²) in [7, 11) is 0. The highest BCUT2D eigenvalue weighted by Crippen LogP contribution is 2.44. The Bertz CT molecular complexity index is 337. The van der Waals surface area contributed by atoms with Crippen molar-refractivity contribution in [3.05, 3.63) is 11.6 Å². The first-order valence-electron chi connectivity index (χ1n) is 9.91. The van der Waals surface area contributed by atoms with Gasteiger partial charge in [-0.2, -0.15) is 0 Å². The normalized spacial score (nSPS) is 42.2. The molecule has 3 aliphatic carbocycles. The van der Waals surface area contributed by atoms with Crippen LogP contribution in [0, 0.1) is 29.6 Å². The summed E-state index contributed by atoms with van der Waals surface area (Å²) in [5.74, 6) is 5.11. The van der Waals surface area contributed by atoms with E-state index in [0.29, 0.717) is 0 Å². The van der Waals surface area contributed by atoms with Crippen LogP contribution in [0.4, 0.5) is 0 Å². The van der Waals surface area contributed by atoms with E-state index >= 15 is 0 Å². The van der Waals surface area contributed by atoms with Gasteiger partial charge in [-0.25, -0.2) is 0 Å². The molecule has 0 heteroatoms. The zero-order valence-electron chi connectivity index (χ0n) is 14.4. The summed E-state index contributed by atoms with van der Waals surface area (Å²) in [6, 6.07) is 0. The maximum Gasteiger partial charge on any atom is -0.0203 e. The van der Waals surface area contributed by atoms with Crippen LogP contribution in [0.1, 0.15) is 90.9 Å². The summed E-state index contributed by atoms with van der Waals surface area (Å²) < 4.78 is 0. The Hall–Kier alpha value is -0.260. The molecule has 0 aliphatic heterocycles. The monoisotopic (exact) mass is 288 g/mol. The number of allylic oxidation sites excluding steroid dienone is 2. The average molecular weight is 289 g/mol. The van der Waals surface area contributed by atoms with Crippen LogP contribution in [-0.4, -0.2) is 0 Å². The fourth-order valence-electron chi connectivity index (χ4n) is 5.30. The van der Waals surface area contributed by atoms with E-state index in [1.54, 1.807) is 0 Å². The van der Waals surface area contributed by atoms with Gasteiger partial charge in [0.15, 0.2) is 0 Å². The molecule has 120 valence electrons. The first kappa shape index (κ1) is 15.6. The quantitative estimate of drug-likeness (QED) is 0.493. The van der Waals surface area contributed by atoms with Gasteiger partial charge in [0.2, 0.25) is 0 Å². The Morgan fingerprint density at radius 2 is 1.24 bits per heavy atom. The van der Waals surface area contributed by atoms with E-state index in [1.165, 1.54) is 77.0 Å². The second-order valence-electron chi connectivity index (χ2n) is 8.63. The first-order chi connectivity index (χ1) is 10.2. The van der Waals surface area contributed by atoms with Gasteiger partial charge in [-0.05, 0) is 93.8 Å². The lowest BCUT2D eigenvalue weighted by atomic mass is 9.68. The molecular weight excluding hydrogens is 252 g/mol. The molecule has 0 nitrogen and oxygen atoms in total. The van der Waals surface area contributed by atoms with Gasteiger partial charge in [0.25, 0.3) is 0 Å². The summed E-state index contributed by atoms with van der Waals surface area (Å²) in [6.07, 6.45) is 20.5. The minimum absolute atomic E-state index is 0.958. The van der Waals surface area contributed by atoms with Crippen LogP contribution in [0.25, 0.3) is 0 Å². The van der Waals surface area contributed by atoms with E-state index < -0.39 is 0 Å². The molecule has 1 unspecified atom stereocenters. The van der Waals surface area contributed by atoms with Crippen LogP contribution in [0.3, 0.4) is 0 Å². The summed E-state index contributed by atoms with van der Waals surface area (Å²) in [5, 5.41) is 0. The summed E-state index contributed by atoms with van der Waals surface area (Å²) in [4.78, 5) is 0. The van der Waals surface area contributed by atoms with Gasteiger partial charge in [0.05, 0.1) is 0 Å². The van der Waals surface area contributed by atoms with Crippen molar-refractivity contribution in [2.24, 2.45) is 29.6 Å². The lowest BCUT2D eigenvalue weighted by Crippen LogP contribution is -2.25. The second-order valence-corrected chi connectivity index (χ2v) is 8.63. The predicted molar refractivity (Wildman–Crippen MR) is 92.3 cm³/mol. The van der Waals surface area contributed by atoms with E-state index in [1.807, 2.05) is 5.57 Å². The van der Waals surface area contributed by atoms with Crippen LogP contribution in [0.15, 0.2) is 11.6 Å². The number of hydrogen-bond donors (Lipinski definition) is 0. The van der Waals surface area contributed by atoms with Crippen LogP contribution in [-0.2, 0) is 0 Å². The molecule has 0 aromatic heterocycles. The average Bonchev–Trinajstić information content (AvgIpc) is 2.73. The van der Waals surface area contributed by atoms with Gasteiger partial charge in [0.1, 0.15) is 0 Å². The number of rotatable bonds is 2. The highest BCUT2D eigenvalue weighted by Gasteiger charge is 2.31. The standard InChI is InChI=1S/C21H36/c1-16-4-3-5-18(9-6-16)20-12-14-21(15-13-20)19-10-7-17(2)8-11-19/h5,16-17,19-21H,3-4,6-15H2,1-2H3. The van der Waals surface area contributed by atoms with Crippen molar-refractivity contribution in [3.8, 4) is 0 Å². The Morgan fingerprint density at radius 1 is 0.667 bits per heavy atom. The van der Waals surface area contributed by atoms with E-state index in [0.717, 1.165) is 29.6 Å². The molecule has 3 aliphatic rings. The minimum Gasteiger partial charge on any atom is -0.0850 e. The van der Waals surface area contributed by atoms with Gasteiger partial charge in [0, 0.05) is 0 Å². The van der Waals surface area contributed by atoms with E-state index in [9.17, 15) is 0 Å². The van der Waals surface area contributed by atoms with Crippen molar-refractivity contribution in [1.29, 1.82) is 0 Å². The molecule has 0 radical (unpaired) electrons. The molecule has 2 saturated carbocycles. The third-order valence-corrected chi connectivity index (χ3v) is 7.02. The van der Waals surface area contributed by atoms with Crippen LogP contribution in [0.2, 0.25) is 0 Å². The van der Waals surface area contributed by atoms with E-state index in [-0.39, 0.29) is 0 Å². The molecule has 0 N–H and O–H groups in total. The summed E-state index contributed by atoms with van der Waals surface area (Å²) >= 11 is 0. The van der Waals surface area contributed by atoms with Gasteiger partial charge in [-0.1, -0.05) is 38.3 Å². The molecule has 0 heterocycles. The van der Waals surface area contributed by atoms with Crippen molar-refractivity contribution < 1.29 is 0 Å². The third-order valence-electron chi connectivity index (χ3n) is 7.02. The molecule has 0 spiro atoms. The lowest BCUT2D eigenvalue weighted by molar-refractivity contribution is 0.157. The topological polar surface area (TPSA) is 0 Å². The smallest absolute Gasteiger partial charge is 0.0203 e. The van der Waals surface area contributed by atoms with Gasteiger partial charge in [-0.3, -0.25) is 0 Å². The molecule has 1 atom stereocenters. The molecule has 3 rings (SSSR count). The van der Waals surface area contributed by atoms with Crippen molar-refractivity contribution in [3.63, 3.8) is 0 Å². The molecule has 0 saturated heterocycles. The molecule has 2 fully saturated rings. The SMILES string of the molecule is CC1CCC=C(C2CCC(C3CCC(C)CC3)CC2)CC1. The summed E-state index contributed by atoms with van der Waals surface area (Å²) in [6.45, 7) is 4.89. The fourth-order valence-corrected chi connectivity index (χ4v) is 5.30. The zero-order valence-corrected chi connectivity index (χ0v) is 14.4. The highest BCUT2D eigenvalue weighted by atomic mass is 14.4. The molecule has 0 bridgehead atoms. The first-order valence-corrected chi connectivity index (χ1v) is 9.91. The van der Waals surface area contributed by atoms with Crippen molar-refractivity contribution >= 4 is 0 Å². The van der Waals surface area contributed by atoms with Crippen LogP contribution >= 0.6 is 0 Å². The zero-order chi connectivity index (χ0) is 14.7. The van der Waals surface area contributed by atoms with E-state index in [4.69, 9.17) is 0 Å². The van der Waals surface area contributed by atoms with Crippen molar-refractivity contribution in [1.82, 2.24) is 0 Å². The molecule has 0 amide bonds. The number of hydrogen-bond acceptors (Lipinski definition) is 0. The minimum atomic E-state index is 0.958. The Balaban J connectivity index is 1.47. The maximum absolute atomic E-state index is 2.64. The molecular formula is C21H36. The summed E-state index contributed by atoms with van der Waals surface area (Å²) in [5.41, 5.74) is 1.86. The Morgan fingerprint density at radius 3 is 1.90 bits per heavy atom. The molecule has 0 aromatic rings. The Labute approximate surface area is 132 Å². The Kier molecular flexibility index (Phi) is 5.46. The van der Waals surface area contributed by atoms with Gasteiger partial charge in [-0.15, -0.1) is 0 Å². The highest BCUT2D eigenvalue weighted by molar-refractivity contribution is 5.10. The van der Waals surface area contributed by atoms with Crippen LogP contribution < -0.4 is 0 Å². The fraction of sp³-hybridized carbons (Fsp3) is 0.905.